The van der Waals surface area contributed by atoms with E-state index in [-0.39, 0.29) is 37.5 Å². The van der Waals surface area contributed by atoms with Crippen molar-refractivity contribution in [3.63, 3.8) is 0 Å². The Morgan fingerprint density at radius 1 is 0.296 bits per heavy atom. The molecular weight excluding hydrogens is 877 g/mol. The van der Waals surface area contributed by atoms with Crippen LogP contribution in [0.25, 0.3) is 0 Å². The Morgan fingerprint density at radius 3 is 0.859 bits per heavy atom. The van der Waals surface area contributed by atoms with E-state index in [4.69, 9.17) is 14.2 Å². The van der Waals surface area contributed by atoms with E-state index in [0.717, 1.165) is 83.5 Å². The summed E-state index contributed by atoms with van der Waals surface area (Å²) in [5.41, 5.74) is 0. The summed E-state index contributed by atoms with van der Waals surface area (Å²) in [4.78, 5) is 37.8. The zero-order valence-electron chi connectivity index (χ0n) is 47.5. The van der Waals surface area contributed by atoms with Crippen molar-refractivity contribution in [2.45, 2.75) is 335 Å². The lowest BCUT2D eigenvalue weighted by molar-refractivity contribution is -0.167. The van der Waals surface area contributed by atoms with Gasteiger partial charge in [0.2, 0.25) is 0 Å². The molecular formula is C65H118O6. The summed E-state index contributed by atoms with van der Waals surface area (Å²) in [6, 6.07) is 0. The molecule has 0 fully saturated rings. The summed E-state index contributed by atoms with van der Waals surface area (Å²) in [6.45, 7) is 6.44. The van der Waals surface area contributed by atoms with Gasteiger partial charge in [0.15, 0.2) is 6.10 Å². The summed E-state index contributed by atoms with van der Waals surface area (Å²) in [7, 11) is 0. The number of carbonyl (C=O) groups excluding carboxylic acids is 3. The molecule has 0 radical (unpaired) electrons. The number of ether oxygens (including phenoxy) is 3. The van der Waals surface area contributed by atoms with Gasteiger partial charge in [-0.2, -0.15) is 0 Å². The van der Waals surface area contributed by atoms with E-state index in [0.29, 0.717) is 19.3 Å². The largest absolute Gasteiger partial charge is 0.462 e. The van der Waals surface area contributed by atoms with Gasteiger partial charge in [-0.1, -0.05) is 301 Å². The molecule has 0 aromatic carbocycles. The Kier molecular flexibility index (Phi) is 57.7. The molecule has 0 aromatic heterocycles. The molecule has 0 bridgehead atoms. The highest BCUT2D eigenvalue weighted by molar-refractivity contribution is 5.71. The Bertz CT molecular complexity index is 1230. The van der Waals surface area contributed by atoms with Crippen LogP contribution >= 0.6 is 0 Å². The molecule has 1 unspecified atom stereocenters. The monoisotopic (exact) mass is 995 g/mol. The minimum absolute atomic E-state index is 0.0873. The van der Waals surface area contributed by atoms with Crippen LogP contribution in [0.4, 0.5) is 0 Å². The van der Waals surface area contributed by atoms with E-state index >= 15 is 0 Å². The molecule has 0 saturated heterocycles. The summed E-state index contributed by atoms with van der Waals surface area (Å²) in [5, 5.41) is 0. The fourth-order valence-corrected chi connectivity index (χ4v) is 9.20. The minimum atomic E-state index is -0.789. The van der Waals surface area contributed by atoms with Gasteiger partial charge in [0.1, 0.15) is 13.2 Å². The zero-order valence-corrected chi connectivity index (χ0v) is 47.5. The van der Waals surface area contributed by atoms with Gasteiger partial charge in [0, 0.05) is 19.3 Å². The van der Waals surface area contributed by atoms with E-state index in [1.54, 1.807) is 0 Å². The van der Waals surface area contributed by atoms with Crippen LogP contribution in [0, 0.1) is 0 Å². The minimum Gasteiger partial charge on any atom is -0.462 e. The average molecular weight is 996 g/mol. The van der Waals surface area contributed by atoms with E-state index in [2.05, 4.69) is 69.4 Å². The van der Waals surface area contributed by atoms with Crippen molar-refractivity contribution in [1.29, 1.82) is 0 Å². The quantitative estimate of drug-likeness (QED) is 0.0261. The van der Waals surface area contributed by atoms with Crippen LogP contribution in [0.15, 0.2) is 48.6 Å². The Balaban J connectivity index is 3.89. The fraction of sp³-hybridized carbons (Fsp3) is 0.831. The standard InChI is InChI=1S/C65H118O6/c1-4-7-10-13-15-17-19-21-23-24-25-26-27-28-29-30-31-32-33-34-35-36-37-38-39-40-42-43-45-47-49-52-55-58-64(67)70-61-62(60-69-63(66)57-54-51-12-9-6-3)71-65(68)59-56-53-50-48-46-44-41-22-20-18-16-14-11-8-5-2/h8,11,16,18,22,41,46,48,62H,4-7,9-10,12-15,17,19-21,23-40,42-45,47,49-61H2,1-3H3/b11-8-,18-16-,41-22-,48-46-. The normalized spacial score (nSPS) is 12.3. The van der Waals surface area contributed by atoms with E-state index < -0.39 is 6.10 Å². The Labute approximate surface area is 441 Å². The first-order valence-electron chi connectivity index (χ1n) is 31.1. The van der Waals surface area contributed by atoms with E-state index in [1.165, 1.54) is 199 Å². The lowest BCUT2D eigenvalue weighted by atomic mass is 10.0. The topological polar surface area (TPSA) is 78.9 Å². The van der Waals surface area contributed by atoms with Crippen LogP contribution in [0.2, 0.25) is 0 Å². The molecule has 0 aliphatic rings. The molecule has 0 spiro atoms. The molecule has 0 rings (SSSR count). The highest BCUT2D eigenvalue weighted by Gasteiger charge is 2.19. The van der Waals surface area contributed by atoms with Crippen molar-refractivity contribution in [2.75, 3.05) is 13.2 Å². The highest BCUT2D eigenvalue weighted by Crippen LogP contribution is 2.18. The fourth-order valence-electron chi connectivity index (χ4n) is 9.20. The van der Waals surface area contributed by atoms with Gasteiger partial charge >= 0.3 is 17.9 Å². The van der Waals surface area contributed by atoms with Crippen molar-refractivity contribution in [2.24, 2.45) is 0 Å². The molecule has 1 atom stereocenters. The third-order valence-electron chi connectivity index (χ3n) is 13.8. The van der Waals surface area contributed by atoms with Gasteiger partial charge in [-0.05, 0) is 57.8 Å². The molecule has 6 nitrogen and oxygen atoms in total. The third kappa shape index (κ3) is 58.1. The number of unbranched alkanes of at least 4 members (excludes halogenated alkanes) is 38. The van der Waals surface area contributed by atoms with E-state index in [1.807, 2.05) is 0 Å². The predicted octanol–water partition coefficient (Wildman–Crippen LogP) is 21.0. The first-order valence-corrected chi connectivity index (χ1v) is 31.1. The molecule has 0 N–H and O–H groups in total. The smallest absolute Gasteiger partial charge is 0.306 e. The zero-order chi connectivity index (χ0) is 51.4. The Morgan fingerprint density at radius 2 is 0.549 bits per heavy atom. The van der Waals surface area contributed by atoms with Crippen molar-refractivity contribution in [3.05, 3.63) is 48.6 Å². The molecule has 0 aliphatic carbocycles. The third-order valence-corrected chi connectivity index (χ3v) is 13.8. The van der Waals surface area contributed by atoms with Gasteiger partial charge in [-0.15, -0.1) is 0 Å². The van der Waals surface area contributed by atoms with Crippen LogP contribution in [-0.4, -0.2) is 37.2 Å². The SMILES string of the molecule is CC/C=C\C/C=C\C/C=C\C/C=C\CCCCC(=O)OC(COC(=O)CCCCCCC)COC(=O)CCCCCCCCCCCCCCCCCCCCCCCCCCCCCCCCCCC. The van der Waals surface area contributed by atoms with Crippen molar-refractivity contribution >= 4 is 17.9 Å². The lowest BCUT2D eigenvalue weighted by Crippen LogP contribution is -2.30. The summed E-state index contributed by atoms with van der Waals surface area (Å²) < 4.78 is 16.7. The van der Waals surface area contributed by atoms with Crippen molar-refractivity contribution < 1.29 is 28.6 Å². The first kappa shape index (κ1) is 68.4. The lowest BCUT2D eigenvalue weighted by Gasteiger charge is -2.18. The molecule has 0 aliphatic heterocycles. The maximum Gasteiger partial charge on any atom is 0.306 e. The number of hydrogen-bond donors (Lipinski definition) is 0. The second kappa shape index (κ2) is 59.9. The van der Waals surface area contributed by atoms with Gasteiger partial charge in [-0.25, -0.2) is 0 Å². The van der Waals surface area contributed by atoms with Crippen molar-refractivity contribution in [1.82, 2.24) is 0 Å². The Hall–Kier alpha value is -2.63. The molecule has 0 heterocycles. The number of carbonyl (C=O) groups is 3. The number of rotatable bonds is 57. The maximum absolute atomic E-state index is 12.7. The molecule has 71 heavy (non-hydrogen) atoms. The van der Waals surface area contributed by atoms with Crippen LogP contribution in [0.5, 0.6) is 0 Å². The van der Waals surface area contributed by atoms with Gasteiger partial charge in [-0.3, -0.25) is 14.4 Å². The number of esters is 3. The second-order valence-corrected chi connectivity index (χ2v) is 21.0. The summed E-state index contributed by atoms with van der Waals surface area (Å²) in [6.07, 6.45) is 74.9. The van der Waals surface area contributed by atoms with E-state index in [9.17, 15) is 14.4 Å². The van der Waals surface area contributed by atoms with Crippen LogP contribution in [0.1, 0.15) is 329 Å². The summed E-state index contributed by atoms with van der Waals surface area (Å²) >= 11 is 0. The van der Waals surface area contributed by atoms with Crippen molar-refractivity contribution in [3.8, 4) is 0 Å². The highest BCUT2D eigenvalue weighted by atomic mass is 16.6. The average Bonchev–Trinajstić information content (AvgIpc) is 3.37. The summed E-state index contributed by atoms with van der Waals surface area (Å²) in [5.74, 6) is -0.932. The van der Waals surface area contributed by atoms with Crippen LogP contribution < -0.4 is 0 Å². The predicted molar refractivity (Wildman–Crippen MR) is 307 cm³/mol. The number of hydrogen-bond acceptors (Lipinski definition) is 6. The molecule has 6 heteroatoms. The maximum atomic E-state index is 12.7. The van der Waals surface area contributed by atoms with Gasteiger partial charge in [0.05, 0.1) is 0 Å². The van der Waals surface area contributed by atoms with Gasteiger partial charge in [0.25, 0.3) is 0 Å². The molecule has 414 valence electrons. The van der Waals surface area contributed by atoms with Gasteiger partial charge < -0.3 is 14.2 Å². The van der Waals surface area contributed by atoms with Crippen LogP contribution in [0.3, 0.4) is 0 Å². The molecule has 0 amide bonds. The number of allylic oxidation sites excluding steroid dienone is 8. The second-order valence-electron chi connectivity index (χ2n) is 21.0. The van der Waals surface area contributed by atoms with Crippen LogP contribution in [-0.2, 0) is 28.6 Å². The molecule has 0 aromatic rings. The molecule has 0 saturated carbocycles. The first-order chi connectivity index (χ1) is 35.0.